The summed E-state index contributed by atoms with van der Waals surface area (Å²) >= 11 is 0. The zero-order valence-electron chi connectivity index (χ0n) is 10.3. The molecule has 6 heteroatoms. The average Bonchev–Trinajstić information content (AvgIpc) is 3.15. The highest BCUT2D eigenvalue weighted by molar-refractivity contribution is 6.00. The van der Waals surface area contributed by atoms with Crippen molar-refractivity contribution in [2.45, 2.75) is 25.3 Å². The van der Waals surface area contributed by atoms with Gasteiger partial charge in [-0.25, -0.2) is 9.18 Å². The lowest BCUT2D eigenvalue weighted by Gasteiger charge is -2.09. The Morgan fingerprint density at radius 2 is 2.11 bits per heavy atom. The van der Waals surface area contributed by atoms with Gasteiger partial charge in [0.15, 0.2) is 0 Å². The highest BCUT2D eigenvalue weighted by Crippen LogP contribution is 2.20. The maximum Gasteiger partial charge on any atom is 0.337 e. The maximum atomic E-state index is 13.5. The Labute approximate surface area is 109 Å². The van der Waals surface area contributed by atoms with Gasteiger partial charge in [-0.15, -0.1) is 0 Å². The third kappa shape index (κ3) is 3.75. The second kappa shape index (κ2) is 5.79. The first kappa shape index (κ1) is 13.5. The summed E-state index contributed by atoms with van der Waals surface area (Å²) < 4.78 is 13.5. The number of nitrogens with one attached hydrogen (secondary N) is 2. The third-order valence-electron chi connectivity index (χ3n) is 2.87. The predicted molar refractivity (Wildman–Crippen MR) is 67.6 cm³/mol. The summed E-state index contributed by atoms with van der Waals surface area (Å²) in [4.78, 5) is 22.6. The minimum atomic E-state index is -1.27. The molecule has 1 aromatic rings. The van der Waals surface area contributed by atoms with Crippen molar-refractivity contribution in [1.82, 2.24) is 5.32 Å². The molecule has 0 unspecified atom stereocenters. The third-order valence-corrected chi connectivity index (χ3v) is 2.87. The first-order chi connectivity index (χ1) is 9.08. The van der Waals surface area contributed by atoms with Crippen LogP contribution in [-0.2, 0) is 4.79 Å². The van der Waals surface area contributed by atoms with Crippen LogP contribution in [-0.4, -0.2) is 29.6 Å². The summed E-state index contributed by atoms with van der Waals surface area (Å²) in [6, 6.07) is 4.16. The summed E-state index contributed by atoms with van der Waals surface area (Å²) in [5.74, 6) is -2.42. The SMILES string of the molecule is O=C(CCNC1CC1)Nc1c(F)cccc1C(=O)O. The number of carboxylic acid groups (broad SMARTS) is 1. The molecule has 1 aromatic carbocycles. The minimum absolute atomic E-state index is 0.184. The van der Waals surface area contributed by atoms with E-state index in [2.05, 4.69) is 10.6 Å². The first-order valence-electron chi connectivity index (χ1n) is 6.13. The highest BCUT2D eigenvalue weighted by atomic mass is 19.1. The summed E-state index contributed by atoms with van der Waals surface area (Å²) in [7, 11) is 0. The Hall–Kier alpha value is -1.95. The Kier molecular flexibility index (Phi) is 4.11. The Bertz CT molecular complexity index is 501. The van der Waals surface area contributed by atoms with Crippen molar-refractivity contribution in [3.05, 3.63) is 29.6 Å². The molecule has 102 valence electrons. The number of halogens is 1. The number of hydrogen-bond acceptors (Lipinski definition) is 3. The fraction of sp³-hybridized carbons (Fsp3) is 0.385. The van der Waals surface area contributed by atoms with Gasteiger partial charge in [0.25, 0.3) is 0 Å². The number of aromatic carboxylic acids is 1. The van der Waals surface area contributed by atoms with Crippen LogP contribution in [0.25, 0.3) is 0 Å². The summed E-state index contributed by atoms with van der Waals surface area (Å²) in [6.07, 6.45) is 2.43. The van der Waals surface area contributed by atoms with Crippen LogP contribution in [0.4, 0.5) is 10.1 Å². The van der Waals surface area contributed by atoms with Crippen molar-refractivity contribution >= 4 is 17.6 Å². The van der Waals surface area contributed by atoms with Crippen molar-refractivity contribution in [2.24, 2.45) is 0 Å². The molecule has 3 N–H and O–H groups in total. The van der Waals surface area contributed by atoms with Gasteiger partial charge >= 0.3 is 5.97 Å². The number of anilines is 1. The molecule has 1 fully saturated rings. The zero-order chi connectivity index (χ0) is 13.8. The van der Waals surface area contributed by atoms with Crippen molar-refractivity contribution < 1.29 is 19.1 Å². The van der Waals surface area contributed by atoms with Crippen LogP contribution >= 0.6 is 0 Å². The van der Waals surface area contributed by atoms with Crippen LogP contribution in [0.2, 0.25) is 0 Å². The molecule has 0 saturated heterocycles. The summed E-state index contributed by atoms with van der Waals surface area (Å²) in [5.41, 5.74) is -0.519. The lowest BCUT2D eigenvalue weighted by Crippen LogP contribution is -2.24. The van der Waals surface area contributed by atoms with E-state index < -0.39 is 17.7 Å². The van der Waals surface area contributed by atoms with E-state index in [0.29, 0.717) is 12.6 Å². The number of para-hydroxylation sites is 1. The molecule has 19 heavy (non-hydrogen) atoms. The number of hydrogen-bond donors (Lipinski definition) is 3. The molecule has 0 aliphatic heterocycles. The van der Waals surface area contributed by atoms with Crippen molar-refractivity contribution in [2.75, 3.05) is 11.9 Å². The molecule has 0 bridgehead atoms. The second-order valence-electron chi connectivity index (χ2n) is 4.49. The molecule has 5 nitrogen and oxygen atoms in total. The molecule has 0 aromatic heterocycles. The van der Waals surface area contributed by atoms with Gasteiger partial charge in [-0.3, -0.25) is 4.79 Å². The number of carboxylic acids is 1. The molecule has 0 atom stereocenters. The molecule has 1 saturated carbocycles. The zero-order valence-corrected chi connectivity index (χ0v) is 10.3. The van der Waals surface area contributed by atoms with Crippen LogP contribution in [0, 0.1) is 5.82 Å². The normalized spacial score (nSPS) is 14.2. The molecular formula is C13H15FN2O3. The summed E-state index contributed by atoms with van der Waals surface area (Å²) in [5, 5.41) is 14.4. The maximum absolute atomic E-state index is 13.5. The highest BCUT2D eigenvalue weighted by Gasteiger charge is 2.21. The number of rotatable bonds is 6. The van der Waals surface area contributed by atoms with Gasteiger partial charge in [-0.05, 0) is 25.0 Å². The first-order valence-corrected chi connectivity index (χ1v) is 6.13. The van der Waals surface area contributed by atoms with Gasteiger partial charge in [0.2, 0.25) is 5.91 Å². The number of carbonyl (C=O) groups is 2. The van der Waals surface area contributed by atoms with Crippen molar-refractivity contribution in [1.29, 1.82) is 0 Å². The van der Waals surface area contributed by atoms with Gasteiger partial charge in [-0.2, -0.15) is 0 Å². The van der Waals surface area contributed by atoms with Gasteiger partial charge in [0, 0.05) is 19.0 Å². The Balaban J connectivity index is 1.96. The molecule has 0 radical (unpaired) electrons. The molecule has 2 rings (SSSR count). The minimum Gasteiger partial charge on any atom is -0.478 e. The molecule has 1 aliphatic rings. The van der Waals surface area contributed by atoms with E-state index in [9.17, 15) is 14.0 Å². The number of carbonyl (C=O) groups excluding carboxylic acids is 1. The van der Waals surface area contributed by atoms with Crippen LogP contribution in [0.3, 0.4) is 0 Å². The van der Waals surface area contributed by atoms with Gasteiger partial charge in [-0.1, -0.05) is 6.07 Å². The van der Waals surface area contributed by atoms with E-state index in [1.54, 1.807) is 0 Å². The molecule has 1 amide bonds. The van der Waals surface area contributed by atoms with E-state index in [1.165, 1.54) is 12.1 Å². The van der Waals surface area contributed by atoms with Crippen LogP contribution in [0.5, 0.6) is 0 Å². The predicted octanol–water partition coefficient (Wildman–Crippen LogP) is 1.60. The van der Waals surface area contributed by atoms with E-state index in [-0.39, 0.29) is 17.7 Å². The van der Waals surface area contributed by atoms with E-state index in [1.807, 2.05) is 0 Å². The molecule has 0 heterocycles. The van der Waals surface area contributed by atoms with Gasteiger partial charge < -0.3 is 15.7 Å². The smallest absolute Gasteiger partial charge is 0.337 e. The van der Waals surface area contributed by atoms with Gasteiger partial charge in [0.1, 0.15) is 5.82 Å². The van der Waals surface area contributed by atoms with Crippen LogP contribution in [0.1, 0.15) is 29.6 Å². The number of benzene rings is 1. The lowest BCUT2D eigenvalue weighted by atomic mass is 10.1. The largest absolute Gasteiger partial charge is 0.478 e. The fourth-order valence-electron chi connectivity index (χ4n) is 1.71. The lowest BCUT2D eigenvalue weighted by molar-refractivity contribution is -0.116. The number of amides is 1. The van der Waals surface area contributed by atoms with Crippen LogP contribution < -0.4 is 10.6 Å². The molecular weight excluding hydrogens is 251 g/mol. The van der Waals surface area contributed by atoms with E-state index in [0.717, 1.165) is 18.9 Å². The fourth-order valence-corrected chi connectivity index (χ4v) is 1.71. The average molecular weight is 266 g/mol. The standard InChI is InChI=1S/C13H15FN2O3/c14-10-3-1-2-9(13(18)19)12(10)16-11(17)6-7-15-8-4-5-8/h1-3,8,15H,4-7H2,(H,16,17)(H,18,19). The van der Waals surface area contributed by atoms with E-state index >= 15 is 0 Å². The monoisotopic (exact) mass is 266 g/mol. The molecule has 0 spiro atoms. The quantitative estimate of drug-likeness (QED) is 0.731. The van der Waals surface area contributed by atoms with E-state index in [4.69, 9.17) is 5.11 Å². The molecule has 1 aliphatic carbocycles. The van der Waals surface area contributed by atoms with Crippen molar-refractivity contribution in [3.63, 3.8) is 0 Å². The second-order valence-corrected chi connectivity index (χ2v) is 4.49. The summed E-state index contributed by atoms with van der Waals surface area (Å²) in [6.45, 7) is 0.507. The Morgan fingerprint density at radius 1 is 1.37 bits per heavy atom. The Morgan fingerprint density at radius 3 is 2.74 bits per heavy atom. The van der Waals surface area contributed by atoms with Crippen LogP contribution in [0.15, 0.2) is 18.2 Å². The topological polar surface area (TPSA) is 78.4 Å². The van der Waals surface area contributed by atoms with Gasteiger partial charge in [0.05, 0.1) is 11.3 Å². The van der Waals surface area contributed by atoms with Crippen molar-refractivity contribution in [3.8, 4) is 0 Å².